The molecule has 1 amide bonds. The number of carbonyl (C=O) groups excluding carboxylic acids is 1. The van der Waals surface area contributed by atoms with Gasteiger partial charge in [-0.2, -0.15) is 5.26 Å². The number of nitrogens with zero attached hydrogens (tertiary/aromatic N) is 6. The fourth-order valence-corrected chi connectivity index (χ4v) is 6.86. The van der Waals surface area contributed by atoms with Crippen molar-refractivity contribution >= 4 is 40.5 Å². The summed E-state index contributed by atoms with van der Waals surface area (Å²) in [4.78, 5) is 26.1. The molecule has 0 N–H and O–H groups in total. The molecule has 0 saturated carbocycles. The van der Waals surface area contributed by atoms with E-state index in [2.05, 4.69) is 34.4 Å². The molecule has 2 aromatic rings. The van der Waals surface area contributed by atoms with Gasteiger partial charge in [-0.25, -0.2) is 4.98 Å². The number of hydrogen-bond donors (Lipinski definition) is 0. The molecule has 212 valence electrons. The predicted octanol–water partition coefficient (Wildman–Crippen LogP) is 4.91. The molecule has 1 unspecified atom stereocenters. The molecule has 3 atom stereocenters. The fraction of sp³-hybridized carbons (Fsp3) is 0.500. The lowest BCUT2D eigenvalue weighted by molar-refractivity contribution is -0.130. The van der Waals surface area contributed by atoms with E-state index in [0.29, 0.717) is 66.7 Å². The number of carbonyl (C=O) groups is 1. The van der Waals surface area contributed by atoms with Crippen LogP contribution >= 0.6 is 23.2 Å². The molecule has 0 spiro atoms. The van der Waals surface area contributed by atoms with Gasteiger partial charge < -0.3 is 24.3 Å². The molecule has 3 aliphatic rings. The maximum absolute atomic E-state index is 12.6. The van der Waals surface area contributed by atoms with Crippen LogP contribution in [-0.2, 0) is 17.8 Å². The zero-order chi connectivity index (χ0) is 28.6. The molecule has 10 heteroatoms. The largest absolute Gasteiger partial charge is 0.475 e. The summed E-state index contributed by atoms with van der Waals surface area (Å²) in [5, 5.41) is 11.5. The number of likely N-dealkylation sites (N-methyl/N-ethyl adjacent to an activating group) is 1. The van der Waals surface area contributed by atoms with Crippen LogP contribution in [0.4, 0.5) is 11.4 Å². The standard InChI is InChI=1S/C30H36Cl2N6O2/c1-5-27(39)38-19(2)15-37(16-20(38)3)29-22-11-13-36(26-10-6-9-24(31)28(26)32)17-25(22)34-30(23(29)14-33)40-18-21-8-7-12-35(21)4/h5-6,9-10,19-21H,1,7-8,11-13,15-18H2,2-4H3/t19-,20+,21?. The van der Waals surface area contributed by atoms with Crippen LogP contribution in [0, 0.1) is 11.3 Å². The number of fused-ring (bicyclic) bond motifs is 1. The topological polar surface area (TPSA) is 75.9 Å². The smallest absolute Gasteiger partial charge is 0.246 e. The molecule has 3 aliphatic heterocycles. The predicted molar refractivity (Wildman–Crippen MR) is 159 cm³/mol. The van der Waals surface area contributed by atoms with Crippen molar-refractivity contribution in [3.63, 3.8) is 0 Å². The summed E-state index contributed by atoms with van der Waals surface area (Å²) >= 11 is 12.9. The van der Waals surface area contributed by atoms with Crippen molar-refractivity contribution in [2.75, 3.05) is 49.6 Å². The molecule has 1 aromatic heterocycles. The average Bonchev–Trinajstić information content (AvgIpc) is 3.35. The summed E-state index contributed by atoms with van der Waals surface area (Å²) in [5.74, 6) is 0.302. The van der Waals surface area contributed by atoms with Gasteiger partial charge in [-0.1, -0.05) is 35.8 Å². The average molecular weight is 584 g/mol. The van der Waals surface area contributed by atoms with Crippen LogP contribution < -0.4 is 14.5 Å². The maximum atomic E-state index is 12.6. The number of piperazine rings is 1. The highest BCUT2D eigenvalue weighted by molar-refractivity contribution is 6.43. The Labute approximate surface area is 246 Å². The minimum absolute atomic E-state index is 0.0496. The van der Waals surface area contributed by atoms with Crippen molar-refractivity contribution in [3.05, 3.63) is 57.7 Å². The van der Waals surface area contributed by atoms with E-state index in [9.17, 15) is 10.1 Å². The molecule has 4 heterocycles. The lowest BCUT2D eigenvalue weighted by atomic mass is 9.96. The number of likely N-dealkylation sites (tertiary alicyclic amines) is 1. The lowest BCUT2D eigenvalue weighted by Crippen LogP contribution is -2.58. The zero-order valence-electron chi connectivity index (χ0n) is 23.4. The number of benzene rings is 1. The summed E-state index contributed by atoms with van der Waals surface area (Å²) in [6.07, 6.45) is 4.26. The Kier molecular flexibility index (Phi) is 8.46. The molecule has 2 fully saturated rings. The van der Waals surface area contributed by atoms with Gasteiger partial charge in [0.15, 0.2) is 0 Å². The van der Waals surface area contributed by atoms with E-state index in [0.717, 1.165) is 42.0 Å². The van der Waals surface area contributed by atoms with Crippen LogP contribution in [0.1, 0.15) is 43.5 Å². The van der Waals surface area contributed by atoms with Crippen molar-refractivity contribution in [2.45, 2.75) is 57.8 Å². The first-order valence-corrected chi connectivity index (χ1v) is 14.7. The third kappa shape index (κ3) is 5.35. The molecule has 0 radical (unpaired) electrons. The summed E-state index contributed by atoms with van der Waals surface area (Å²) in [6.45, 7) is 11.7. The van der Waals surface area contributed by atoms with Gasteiger partial charge in [0.25, 0.3) is 0 Å². The van der Waals surface area contributed by atoms with Crippen LogP contribution in [0.25, 0.3) is 0 Å². The fourth-order valence-electron chi connectivity index (χ4n) is 6.44. The number of pyridine rings is 1. The van der Waals surface area contributed by atoms with Gasteiger partial charge in [0.1, 0.15) is 18.2 Å². The van der Waals surface area contributed by atoms with Crippen LogP contribution in [0.3, 0.4) is 0 Å². The van der Waals surface area contributed by atoms with Crippen molar-refractivity contribution in [3.8, 4) is 11.9 Å². The number of amides is 1. The first kappa shape index (κ1) is 28.5. The molecule has 0 aliphatic carbocycles. The number of aromatic nitrogens is 1. The number of ether oxygens (including phenoxy) is 1. The first-order valence-electron chi connectivity index (χ1n) is 13.9. The van der Waals surface area contributed by atoms with Crippen LogP contribution in [0.5, 0.6) is 5.88 Å². The first-order chi connectivity index (χ1) is 19.2. The van der Waals surface area contributed by atoms with Gasteiger partial charge in [-0.3, -0.25) is 4.79 Å². The zero-order valence-corrected chi connectivity index (χ0v) is 24.9. The monoisotopic (exact) mass is 582 g/mol. The Bertz CT molecular complexity index is 1330. The summed E-state index contributed by atoms with van der Waals surface area (Å²) in [7, 11) is 2.11. The van der Waals surface area contributed by atoms with Crippen molar-refractivity contribution in [1.82, 2.24) is 14.8 Å². The molecular weight excluding hydrogens is 547 g/mol. The van der Waals surface area contributed by atoms with E-state index in [1.165, 1.54) is 6.08 Å². The number of anilines is 2. The normalized spacial score (nSPS) is 23.1. The third-order valence-electron chi connectivity index (χ3n) is 8.43. The van der Waals surface area contributed by atoms with Gasteiger partial charge in [0.05, 0.1) is 33.7 Å². The van der Waals surface area contributed by atoms with Crippen molar-refractivity contribution < 1.29 is 9.53 Å². The Hall–Kier alpha value is -2.99. The number of nitriles is 1. The number of halogens is 2. The molecular formula is C30H36Cl2N6O2. The number of hydrogen-bond acceptors (Lipinski definition) is 7. The highest BCUT2D eigenvalue weighted by Gasteiger charge is 2.36. The van der Waals surface area contributed by atoms with E-state index in [1.807, 2.05) is 30.9 Å². The van der Waals surface area contributed by atoms with Gasteiger partial charge in [0.2, 0.25) is 11.8 Å². The highest BCUT2D eigenvalue weighted by Crippen LogP contribution is 2.41. The Morgan fingerprint density at radius 2 is 1.98 bits per heavy atom. The molecule has 5 rings (SSSR count). The van der Waals surface area contributed by atoms with Crippen molar-refractivity contribution in [1.29, 1.82) is 5.26 Å². The Morgan fingerprint density at radius 1 is 1.23 bits per heavy atom. The highest BCUT2D eigenvalue weighted by atomic mass is 35.5. The van der Waals surface area contributed by atoms with E-state index in [-0.39, 0.29) is 18.0 Å². The molecule has 40 heavy (non-hydrogen) atoms. The minimum atomic E-state index is -0.0735. The maximum Gasteiger partial charge on any atom is 0.246 e. The molecule has 8 nitrogen and oxygen atoms in total. The van der Waals surface area contributed by atoms with Crippen LogP contribution in [-0.4, -0.2) is 78.7 Å². The second-order valence-corrected chi connectivity index (χ2v) is 11.8. The van der Waals surface area contributed by atoms with Gasteiger partial charge in [-0.05, 0) is 64.9 Å². The third-order valence-corrected chi connectivity index (χ3v) is 9.23. The Balaban J connectivity index is 1.54. The molecule has 2 saturated heterocycles. The SMILES string of the molecule is C=CC(=O)N1[C@H](C)CN(c2c(C#N)c(OCC3CCCN3C)nc3c2CCN(c2cccc(Cl)c2Cl)C3)C[C@@H]1C. The summed E-state index contributed by atoms with van der Waals surface area (Å²) in [6, 6.07) is 8.29. The second-order valence-electron chi connectivity index (χ2n) is 11.1. The Morgan fingerprint density at radius 3 is 2.62 bits per heavy atom. The van der Waals surface area contributed by atoms with Crippen LogP contribution in [0.15, 0.2) is 30.9 Å². The van der Waals surface area contributed by atoms with E-state index in [1.54, 1.807) is 6.07 Å². The van der Waals surface area contributed by atoms with E-state index in [4.69, 9.17) is 32.9 Å². The number of rotatable bonds is 6. The van der Waals surface area contributed by atoms with Gasteiger partial charge in [-0.15, -0.1) is 0 Å². The van der Waals surface area contributed by atoms with Crippen molar-refractivity contribution in [2.24, 2.45) is 0 Å². The molecule has 1 aromatic carbocycles. The summed E-state index contributed by atoms with van der Waals surface area (Å²) in [5.41, 5.74) is 4.14. The lowest BCUT2D eigenvalue weighted by Gasteiger charge is -2.46. The van der Waals surface area contributed by atoms with E-state index < -0.39 is 0 Å². The van der Waals surface area contributed by atoms with Gasteiger partial charge >= 0.3 is 0 Å². The summed E-state index contributed by atoms with van der Waals surface area (Å²) < 4.78 is 6.35. The van der Waals surface area contributed by atoms with E-state index >= 15 is 0 Å². The molecule has 0 bridgehead atoms. The quantitative estimate of drug-likeness (QED) is 0.448. The van der Waals surface area contributed by atoms with Gasteiger partial charge in [0, 0.05) is 43.3 Å². The van der Waals surface area contributed by atoms with Crippen LogP contribution in [0.2, 0.25) is 10.0 Å². The minimum Gasteiger partial charge on any atom is -0.475 e. The second kappa shape index (κ2) is 11.9.